The van der Waals surface area contributed by atoms with E-state index in [0.29, 0.717) is 30.5 Å². The number of hydrogen-bond acceptors (Lipinski definition) is 7. The lowest BCUT2D eigenvalue weighted by Crippen LogP contribution is -2.29. The number of nitrogens with two attached hydrogens (primary N) is 1. The molecule has 0 unspecified atom stereocenters. The molecule has 1 aliphatic heterocycles. The predicted octanol–water partition coefficient (Wildman–Crippen LogP) is 2.17. The number of ether oxygens (including phenoxy) is 1. The van der Waals surface area contributed by atoms with E-state index < -0.39 is 0 Å². The van der Waals surface area contributed by atoms with Gasteiger partial charge in [-0.25, -0.2) is 4.98 Å². The fourth-order valence-electron chi connectivity index (χ4n) is 2.36. The molecule has 0 radical (unpaired) electrons. The van der Waals surface area contributed by atoms with Gasteiger partial charge in [-0.15, -0.1) is 11.3 Å². The summed E-state index contributed by atoms with van der Waals surface area (Å²) in [6.07, 6.45) is 3.31. The first-order valence-electron chi connectivity index (χ1n) is 7.71. The molecule has 2 heterocycles. The van der Waals surface area contributed by atoms with E-state index in [1.54, 1.807) is 11.6 Å². The van der Waals surface area contributed by atoms with Crippen LogP contribution in [0.15, 0.2) is 34.7 Å². The van der Waals surface area contributed by atoms with Gasteiger partial charge in [0.1, 0.15) is 18.2 Å². The largest absolute Gasteiger partial charge is 0.492 e. The first-order chi connectivity index (χ1) is 11.7. The zero-order chi connectivity index (χ0) is 16.8. The topological polar surface area (TPSA) is 92.8 Å². The smallest absolute Gasteiger partial charge is 0.222 e. The molecule has 3 rings (SSSR count). The van der Waals surface area contributed by atoms with Crippen LogP contribution in [0.1, 0.15) is 18.4 Å². The standard InChI is InChI=1S/C16H19N5O2S/c17-14-11-24-16(19-14)20-18-10-12-3-5-13(6-4-12)23-9-8-21-7-1-2-15(21)22/h3-6,10-11H,1-2,7-9,17H2,(H,19,20). The number of benzene rings is 1. The molecule has 8 heteroatoms. The molecule has 0 aliphatic carbocycles. The molecule has 0 atom stereocenters. The summed E-state index contributed by atoms with van der Waals surface area (Å²) in [5, 5.41) is 6.51. The Bertz CT molecular complexity index is 714. The van der Waals surface area contributed by atoms with E-state index in [9.17, 15) is 4.79 Å². The quantitative estimate of drug-likeness (QED) is 0.593. The molecule has 2 aromatic rings. The highest BCUT2D eigenvalue weighted by molar-refractivity contribution is 7.14. The molecule has 1 amide bonds. The number of nitrogen functional groups attached to an aromatic ring is 1. The van der Waals surface area contributed by atoms with Crippen LogP contribution in [-0.2, 0) is 4.79 Å². The number of carbonyl (C=O) groups excluding carboxylic acids is 1. The van der Waals surface area contributed by atoms with Crippen molar-refractivity contribution in [2.24, 2.45) is 5.10 Å². The van der Waals surface area contributed by atoms with Gasteiger partial charge in [0.2, 0.25) is 11.0 Å². The van der Waals surface area contributed by atoms with Crippen LogP contribution in [0.4, 0.5) is 10.9 Å². The highest BCUT2D eigenvalue weighted by Gasteiger charge is 2.19. The van der Waals surface area contributed by atoms with Gasteiger partial charge in [0.05, 0.1) is 12.8 Å². The lowest BCUT2D eigenvalue weighted by atomic mass is 10.2. The monoisotopic (exact) mass is 345 g/mol. The van der Waals surface area contributed by atoms with Crippen LogP contribution < -0.4 is 15.9 Å². The number of anilines is 2. The molecule has 1 aromatic carbocycles. The van der Waals surface area contributed by atoms with Crippen LogP contribution in [0.3, 0.4) is 0 Å². The number of hydrogen-bond donors (Lipinski definition) is 2. The van der Waals surface area contributed by atoms with E-state index in [1.807, 2.05) is 29.2 Å². The Hall–Kier alpha value is -2.61. The average Bonchev–Trinajstić information content (AvgIpc) is 3.18. The summed E-state index contributed by atoms with van der Waals surface area (Å²) in [6.45, 7) is 1.99. The van der Waals surface area contributed by atoms with E-state index in [1.165, 1.54) is 11.3 Å². The van der Waals surface area contributed by atoms with E-state index in [2.05, 4.69) is 15.5 Å². The van der Waals surface area contributed by atoms with Crippen LogP contribution in [0.2, 0.25) is 0 Å². The fraction of sp³-hybridized carbons (Fsp3) is 0.312. The molecule has 0 spiro atoms. The van der Waals surface area contributed by atoms with Crippen LogP contribution in [-0.4, -0.2) is 41.7 Å². The van der Waals surface area contributed by atoms with Crippen molar-refractivity contribution in [3.8, 4) is 5.75 Å². The first-order valence-corrected chi connectivity index (χ1v) is 8.59. The van der Waals surface area contributed by atoms with Crippen molar-refractivity contribution in [3.63, 3.8) is 0 Å². The van der Waals surface area contributed by atoms with Crippen LogP contribution in [0, 0.1) is 0 Å². The van der Waals surface area contributed by atoms with Gasteiger partial charge >= 0.3 is 0 Å². The second kappa shape index (κ2) is 7.78. The maximum absolute atomic E-state index is 11.5. The van der Waals surface area contributed by atoms with E-state index in [4.69, 9.17) is 10.5 Å². The van der Waals surface area contributed by atoms with Gasteiger partial charge < -0.3 is 15.4 Å². The molecular weight excluding hydrogens is 326 g/mol. The zero-order valence-corrected chi connectivity index (χ0v) is 14.0. The summed E-state index contributed by atoms with van der Waals surface area (Å²) < 4.78 is 5.67. The third-order valence-corrected chi connectivity index (χ3v) is 4.34. The number of nitrogens with one attached hydrogen (secondary N) is 1. The second-order valence-electron chi connectivity index (χ2n) is 5.35. The average molecular weight is 345 g/mol. The van der Waals surface area contributed by atoms with Gasteiger partial charge in [0.25, 0.3) is 0 Å². The fourth-order valence-corrected chi connectivity index (χ4v) is 2.91. The third kappa shape index (κ3) is 4.45. The van der Waals surface area contributed by atoms with Gasteiger partial charge in [-0.05, 0) is 36.2 Å². The number of aromatic nitrogens is 1. The molecule has 24 heavy (non-hydrogen) atoms. The molecule has 0 saturated carbocycles. The Labute approximate surface area is 144 Å². The summed E-state index contributed by atoms with van der Waals surface area (Å²) in [5.41, 5.74) is 9.30. The highest BCUT2D eigenvalue weighted by atomic mass is 32.1. The van der Waals surface area contributed by atoms with Crippen molar-refractivity contribution >= 4 is 34.4 Å². The van der Waals surface area contributed by atoms with Gasteiger partial charge in [0, 0.05) is 18.3 Å². The zero-order valence-electron chi connectivity index (χ0n) is 13.1. The Kier molecular flexibility index (Phi) is 5.27. The second-order valence-corrected chi connectivity index (χ2v) is 6.21. The highest BCUT2D eigenvalue weighted by Crippen LogP contribution is 2.16. The molecule has 126 valence electrons. The summed E-state index contributed by atoms with van der Waals surface area (Å²) in [4.78, 5) is 17.4. The summed E-state index contributed by atoms with van der Waals surface area (Å²) in [6, 6.07) is 7.60. The molecular formula is C16H19N5O2S. The lowest BCUT2D eigenvalue weighted by Gasteiger charge is -2.15. The summed E-state index contributed by atoms with van der Waals surface area (Å²) >= 11 is 1.40. The number of likely N-dealkylation sites (tertiary alicyclic amines) is 1. The van der Waals surface area contributed by atoms with Crippen molar-refractivity contribution in [3.05, 3.63) is 35.2 Å². The Morgan fingerprint density at radius 3 is 2.92 bits per heavy atom. The van der Waals surface area contributed by atoms with Crippen molar-refractivity contribution < 1.29 is 9.53 Å². The first kappa shape index (κ1) is 16.3. The number of thiazole rings is 1. The Balaban J connectivity index is 1.43. The number of nitrogens with zero attached hydrogens (tertiary/aromatic N) is 3. The van der Waals surface area contributed by atoms with Crippen LogP contribution in [0.25, 0.3) is 0 Å². The molecule has 1 aliphatic rings. The molecule has 1 aromatic heterocycles. The lowest BCUT2D eigenvalue weighted by molar-refractivity contribution is -0.128. The van der Waals surface area contributed by atoms with Gasteiger partial charge in [-0.1, -0.05) is 0 Å². The van der Waals surface area contributed by atoms with Crippen molar-refractivity contribution in [1.82, 2.24) is 9.88 Å². The van der Waals surface area contributed by atoms with Gasteiger partial charge in [-0.3, -0.25) is 10.2 Å². The number of carbonyl (C=O) groups is 1. The van der Waals surface area contributed by atoms with E-state index in [-0.39, 0.29) is 5.91 Å². The summed E-state index contributed by atoms with van der Waals surface area (Å²) in [5.74, 6) is 1.48. The van der Waals surface area contributed by atoms with Gasteiger partial charge in [-0.2, -0.15) is 5.10 Å². The van der Waals surface area contributed by atoms with Gasteiger partial charge in [0.15, 0.2) is 0 Å². The minimum absolute atomic E-state index is 0.222. The van der Waals surface area contributed by atoms with Crippen molar-refractivity contribution in [2.45, 2.75) is 12.8 Å². The molecule has 1 fully saturated rings. The van der Waals surface area contributed by atoms with E-state index in [0.717, 1.165) is 24.3 Å². The number of amides is 1. The third-order valence-electron chi connectivity index (χ3n) is 3.58. The molecule has 3 N–H and O–H groups in total. The Morgan fingerprint density at radius 2 is 2.25 bits per heavy atom. The molecule has 7 nitrogen and oxygen atoms in total. The van der Waals surface area contributed by atoms with Crippen molar-refractivity contribution in [1.29, 1.82) is 0 Å². The Morgan fingerprint density at radius 1 is 1.42 bits per heavy atom. The number of rotatable bonds is 7. The van der Waals surface area contributed by atoms with Crippen molar-refractivity contribution in [2.75, 3.05) is 30.9 Å². The van der Waals surface area contributed by atoms with Crippen LogP contribution in [0.5, 0.6) is 5.75 Å². The van der Waals surface area contributed by atoms with E-state index >= 15 is 0 Å². The minimum atomic E-state index is 0.222. The molecule has 1 saturated heterocycles. The molecule has 0 bridgehead atoms. The number of hydrazone groups is 1. The maximum atomic E-state index is 11.5. The SMILES string of the molecule is Nc1csc(NN=Cc2ccc(OCCN3CCCC3=O)cc2)n1. The minimum Gasteiger partial charge on any atom is -0.492 e. The normalized spacial score (nSPS) is 14.5. The predicted molar refractivity (Wildman–Crippen MR) is 95.5 cm³/mol. The van der Waals surface area contributed by atoms with Crippen LogP contribution >= 0.6 is 11.3 Å². The maximum Gasteiger partial charge on any atom is 0.222 e. The summed E-state index contributed by atoms with van der Waals surface area (Å²) in [7, 11) is 0.